The number of nitrogens with zero attached hydrogens (tertiary/aromatic N) is 1. The fourth-order valence-corrected chi connectivity index (χ4v) is 4.56. The van der Waals surface area contributed by atoms with E-state index in [1.54, 1.807) is 6.07 Å². The highest BCUT2D eigenvalue weighted by Crippen LogP contribution is 2.22. The first-order valence-electron chi connectivity index (χ1n) is 13.3. The molecule has 1 aliphatic rings. The summed E-state index contributed by atoms with van der Waals surface area (Å²) in [7, 11) is 1.31. The van der Waals surface area contributed by atoms with E-state index in [2.05, 4.69) is 19.2 Å². The lowest BCUT2D eigenvalue weighted by Crippen LogP contribution is -2.44. The number of aryl methyl sites for hydroxylation is 1. The molecule has 38 heavy (non-hydrogen) atoms. The minimum absolute atomic E-state index is 0.0449. The first-order valence-corrected chi connectivity index (χ1v) is 13.3. The van der Waals surface area contributed by atoms with Crippen molar-refractivity contribution >= 4 is 17.8 Å². The van der Waals surface area contributed by atoms with Crippen molar-refractivity contribution in [2.24, 2.45) is 11.8 Å². The number of benzene rings is 2. The van der Waals surface area contributed by atoms with E-state index in [-0.39, 0.29) is 23.5 Å². The largest absolute Gasteiger partial charge is 0.493 e. The number of methoxy groups -OCH3 is 1. The first kappa shape index (κ1) is 29.1. The lowest BCUT2D eigenvalue weighted by molar-refractivity contribution is -0.145. The van der Waals surface area contributed by atoms with Gasteiger partial charge >= 0.3 is 5.97 Å². The number of carbonyl (C=O) groups is 3. The molecule has 1 N–H and O–H groups in total. The molecule has 1 atom stereocenters. The standard InChI is InChI=1S/C30H39FN2O5/c1-21(2)20-38-26-10-7-23(8-11-26)18-27(30(36)37-3)32-28(34)19-24-13-15-33(16-14-24)29(35)12-9-22-5-4-6-25(31)17-22/h4-8,10-11,17,21,24,27H,9,12-16,18-20H2,1-3H3,(H,32,34)/t27-/m0/s1. The van der Waals surface area contributed by atoms with Crippen molar-refractivity contribution in [1.82, 2.24) is 10.2 Å². The molecule has 0 bridgehead atoms. The molecule has 1 aliphatic heterocycles. The summed E-state index contributed by atoms with van der Waals surface area (Å²) in [6.07, 6.45) is 2.89. The van der Waals surface area contributed by atoms with Crippen LogP contribution in [0.1, 0.15) is 50.7 Å². The Labute approximate surface area is 224 Å². The van der Waals surface area contributed by atoms with E-state index < -0.39 is 12.0 Å². The van der Waals surface area contributed by atoms with Gasteiger partial charge in [0, 0.05) is 32.4 Å². The average molecular weight is 527 g/mol. The molecular weight excluding hydrogens is 487 g/mol. The number of hydrogen-bond donors (Lipinski definition) is 1. The van der Waals surface area contributed by atoms with E-state index in [1.165, 1.54) is 19.2 Å². The zero-order valence-corrected chi connectivity index (χ0v) is 22.6. The van der Waals surface area contributed by atoms with Crippen LogP contribution in [0.15, 0.2) is 48.5 Å². The number of amides is 2. The Kier molecular flexibility index (Phi) is 11.1. The molecule has 0 unspecified atom stereocenters. The first-order chi connectivity index (χ1) is 18.2. The molecule has 1 saturated heterocycles. The van der Waals surface area contributed by atoms with Crippen LogP contribution in [0.3, 0.4) is 0 Å². The Morgan fingerprint density at radius 3 is 2.39 bits per heavy atom. The van der Waals surface area contributed by atoms with Crippen molar-refractivity contribution < 1.29 is 28.2 Å². The number of carbonyl (C=O) groups excluding carboxylic acids is 3. The van der Waals surface area contributed by atoms with Crippen LogP contribution in [0.2, 0.25) is 0 Å². The summed E-state index contributed by atoms with van der Waals surface area (Å²) in [4.78, 5) is 39.6. The summed E-state index contributed by atoms with van der Waals surface area (Å²) >= 11 is 0. The molecule has 0 radical (unpaired) electrons. The number of esters is 1. The van der Waals surface area contributed by atoms with E-state index >= 15 is 0 Å². The van der Waals surface area contributed by atoms with Crippen molar-refractivity contribution in [3.8, 4) is 5.75 Å². The van der Waals surface area contributed by atoms with Crippen LogP contribution >= 0.6 is 0 Å². The molecule has 1 fully saturated rings. The Morgan fingerprint density at radius 2 is 1.76 bits per heavy atom. The summed E-state index contributed by atoms with van der Waals surface area (Å²) < 4.78 is 24.0. The highest BCUT2D eigenvalue weighted by atomic mass is 19.1. The van der Waals surface area contributed by atoms with Crippen molar-refractivity contribution in [1.29, 1.82) is 0 Å². The number of rotatable bonds is 12. The van der Waals surface area contributed by atoms with Gasteiger partial charge in [-0.05, 0) is 66.5 Å². The van der Waals surface area contributed by atoms with Gasteiger partial charge in [-0.1, -0.05) is 38.1 Å². The zero-order chi connectivity index (χ0) is 27.5. The van der Waals surface area contributed by atoms with Crippen LogP contribution in [0.5, 0.6) is 5.75 Å². The predicted octanol–water partition coefficient (Wildman–Crippen LogP) is 4.32. The highest BCUT2D eigenvalue weighted by molar-refractivity contribution is 5.84. The Balaban J connectivity index is 1.44. The lowest BCUT2D eigenvalue weighted by Gasteiger charge is -2.32. The highest BCUT2D eigenvalue weighted by Gasteiger charge is 2.27. The van der Waals surface area contributed by atoms with Gasteiger partial charge in [0.15, 0.2) is 0 Å². The van der Waals surface area contributed by atoms with Gasteiger partial charge in [-0.25, -0.2) is 9.18 Å². The minimum Gasteiger partial charge on any atom is -0.493 e. The second-order valence-electron chi connectivity index (χ2n) is 10.4. The van der Waals surface area contributed by atoms with Gasteiger partial charge in [0.05, 0.1) is 13.7 Å². The number of nitrogens with one attached hydrogen (secondary N) is 1. The second-order valence-corrected chi connectivity index (χ2v) is 10.4. The minimum atomic E-state index is -0.778. The number of piperidine rings is 1. The molecular formula is C30H39FN2O5. The van der Waals surface area contributed by atoms with E-state index in [0.717, 1.165) is 29.7 Å². The molecule has 7 nitrogen and oxygen atoms in total. The van der Waals surface area contributed by atoms with Crippen molar-refractivity contribution in [2.75, 3.05) is 26.8 Å². The van der Waals surface area contributed by atoms with Gasteiger partial charge in [0.2, 0.25) is 11.8 Å². The van der Waals surface area contributed by atoms with Crippen molar-refractivity contribution in [3.63, 3.8) is 0 Å². The maximum atomic E-state index is 13.4. The van der Waals surface area contributed by atoms with Gasteiger partial charge in [0.25, 0.3) is 0 Å². The Bertz CT molecular complexity index is 1060. The maximum Gasteiger partial charge on any atom is 0.328 e. The van der Waals surface area contributed by atoms with Crippen LogP contribution < -0.4 is 10.1 Å². The lowest BCUT2D eigenvalue weighted by atomic mass is 9.92. The molecule has 1 heterocycles. The van der Waals surface area contributed by atoms with Gasteiger partial charge in [-0.2, -0.15) is 0 Å². The van der Waals surface area contributed by atoms with Gasteiger partial charge in [-0.15, -0.1) is 0 Å². The summed E-state index contributed by atoms with van der Waals surface area (Å²) in [6, 6.07) is 13.0. The quantitative estimate of drug-likeness (QED) is 0.417. The normalized spacial score (nSPS) is 14.7. The zero-order valence-electron chi connectivity index (χ0n) is 22.6. The Hall–Kier alpha value is -3.42. The SMILES string of the molecule is COC(=O)[C@H](Cc1ccc(OCC(C)C)cc1)NC(=O)CC1CCN(C(=O)CCc2cccc(F)c2)CC1. The molecule has 0 saturated carbocycles. The van der Waals surface area contributed by atoms with E-state index in [9.17, 15) is 18.8 Å². The number of ether oxygens (including phenoxy) is 2. The van der Waals surface area contributed by atoms with Crippen LogP contribution in [-0.4, -0.2) is 55.5 Å². The van der Waals surface area contributed by atoms with E-state index in [0.29, 0.717) is 51.3 Å². The van der Waals surface area contributed by atoms with Crippen molar-refractivity contribution in [3.05, 3.63) is 65.5 Å². The summed E-state index contributed by atoms with van der Waals surface area (Å²) in [6.45, 7) is 5.97. The summed E-state index contributed by atoms with van der Waals surface area (Å²) in [5.74, 6) is 0.382. The van der Waals surface area contributed by atoms with E-state index in [1.807, 2.05) is 35.2 Å². The van der Waals surface area contributed by atoms with Gasteiger partial charge in [0.1, 0.15) is 17.6 Å². The summed E-state index contributed by atoms with van der Waals surface area (Å²) in [5, 5.41) is 2.84. The smallest absolute Gasteiger partial charge is 0.328 e. The van der Waals surface area contributed by atoms with Crippen LogP contribution in [0, 0.1) is 17.7 Å². The maximum absolute atomic E-state index is 13.4. The third-order valence-electron chi connectivity index (χ3n) is 6.73. The molecule has 3 rings (SSSR count). The third kappa shape index (κ3) is 9.47. The topological polar surface area (TPSA) is 84.9 Å². The van der Waals surface area contributed by atoms with Gasteiger partial charge < -0.3 is 19.7 Å². The van der Waals surface area contributed by atoms with Crippen LogP contribution in [-0.2, 0) is 32.0 Å². The molecule has 2 aromatic carbocycles. The third-order valence-corrected chi connectivity index (χ3v) is 6.73. The summed E-state index contributed by atoms with van der Waals surface area (Å²) in [5.41, 5.74) is 1.70. The monoisotopic (exact) mass is 526 g/mol. The average Bonchev–Trinajstić information content (AvgIpc) is 2.91. The number of halogens is 1. The molecule has 2 amide bonds. The molecule has 0 spiro atoms. The molecule has 206 valence electrons. The molecule has 0 aromatic heterocycles. The van der Waals surface area contributed by atoms with Crippen molar-refractivity contribution in [2.45, 2.75) is 58.4 Å². The second kappa shape index (κ2) is 14.5. The Morgan fingerprint density at radius 1 is 1.05 bits per heavy atom. The fourth-order valence-electron chi connectivity index (χ4n) is 4.56. The fraction of sp³-hybridized carbons (Fsp3) is 0.500. The van der Waals surface area contributed by atoms with E-state index in [4.69, 9.17) is 9.47 Å². The number of hydrogen-bond acceptors (Lipinski definition) is 5. The molecule has 2 aromatic rings. The van der Waals surface area contributed by atoms with Crippen LogP contribution in [0.25, 0.3) is 0 Å². The molecule has 0 aliphatic carbocycles. The van der Waals surface area contributed by atoms with Crippen LogP contribution in [0.4, 0.5) is 4.39 Å². The molecule has 8 heteroatoms. The predicted molar refractivity (Wildman–Crippen MR) is 143 cm³/mol. The van der Waals surface area contributed by atoms with Gasteiger partial charge in [-0.3, -0.25) is 9.59 Å². The number of likely N-dealkylation sites (tertiary alicyclic amines) is 1.